The van der Waals surface area contributed by atoms with Gasteiger partial charge in [0.1, 0.15) is 0 Å². The van der Waals surface area contributed by atoms with Crippen LogP contribution in [0.1, 0.15) is 45.6 Å². The largest absolute Gasteiger partial charge is 0.396 e. The molecule has 1 aliphatic rings. The molecular formula is C22H37IN4O. The molecule has 0 saturated carbocycles. The minimum atomic E-state index is 0. The third kappa shape index (κ3) is 7.28. The smallest absolute Gasteiger partial charge is 0.191 e. The summed E-state index contributed by atoms with van der Waals surface area (Å²) in [5.41, 5.74) is 2.59. The Labute approximate surface area is 187 Å². The minimum Gasteiger partial charge on any atom is -0.396 e. The fourth-order valence-electron chi connectivity index (χ4n) is 3.50. The molecule has 1 aliphatic heterocycles. The van der Waals surface area contributed by atoms with Crippen LogP contribution in [-0.2, 0) is 6.54 Å². The predicted molar refractivity (Wildman–Crippen MR) is 131 cm³/mol. The van der Waals surface area contributed by atoms with Crippen LogP contribution in [0.3, 0.4) is 0 Å². The number of guanidine groups is 1. The summed E-state index contributed by atoms with van der Waals surface area (Å²) in [6, 6.07) is 8.64. The van der Waals surface area contributed by atoms with Gasteiger partial charge in [0.15, 0.2) is 5.96 Å². The van der Waals surface area contributed by atoms with Crippen LogP contribution in [-0.4, -0.2) is 43.9 Å². The van der Waals surface area contributed by atoms with Crippen LogP contribution in [0.25, 0.3) is 0 Å². The zero-order valence-corrected chi connectivity index (χ0v) is 19.9. The van der Waals surface area contributed by atoms with Crippen molar-refractivity contribution in [2.75, 3.05) is 37.7 Å². The van der Waals surface area contributed by atoms with Crippen molar-refractivity contribution in [3.05, 3.63) is 42.0 Å². The first-order valence-electron chi connectivity index (χ1n) is 10.3. The van der Waals surface area contributed by atoms with Gasteiger partial charge in [-0.05, 0) is 49.3 Å². The molecule has 0 atom stereocenters. The Morgan fingerprint density at radius 1 is 1.14 bits per heavy atom. The van der Waals surface area contributed by atoms with Crippen LogP contribution in [0, 0.1) is 5.41 Å². The number of hydrogen-bond donors (Lipinski definition) is 3. The quantitative estimate of drug-likeness (QED) is 0.197. The van der Waals surface area contributed by atoms with Crippen LogP contribution in [0.4, 0.5) is 5.69 Å². The molecule has 158 valence electrons. The first-order valence-corrected chi connectivity index (χ1v) is 10.3. The summed E-state index contributed by atoms with van der Waals surface area (Å²) in [4.78, 5) is 7.13. The molecule has 1 aromatic rings. The number of aliphatic hydroxyl groups excluding tert-OH is 1. The Balaban J connectivity index is 0.00000392. The molecule has 5 nitrogen and oxygen atoms in total. The molecule has 0 aromatic heterocycles. The van der Waals surface area contributed by atoms with Crippen molar-refractivity contribution in [2.24, 2.45) is 10.4 Å². The Bertz CT molecular complexity index is 621. The number of anilines is 1. The fraction of sp³-hybridized carbons (Fsp3) is 0.591. The van der Waals surface area contributed by atoms with Gasteiger partial charge in [0.2, 0.25) is 0 Å². The number of nitrogens with zero attached hydrogens (tertiary/aromatic N) is 2. The first-order chi connectivity index (χ1) is 13.2. The molecule has 3 N–H and O–H groups in total. The molecule has 0 bridgehead atoms. The molecule has 0 amide bonds. The summed E-state index contributed by atoms with van der Waals surface area (Å²) < 4.78 is 0. The molecule has 0 saturated heterocycles. The molecule has 1 heterocycles. The van der Waals surface area contributed by atoms with E-state index in [1.165, 1.54) is 11.3 Å². The van der Waals surface area contributed by atoms with Crippen LogP contribution >= 0.6 is 24.0 Å². The molecular weight excluding hydrogens is 463 g/mol. The van der Waals surface area contributed by atoms with Crippen molar-refractivity contribution in [1.29, 1.82) is 0 Å². The number of halogens is 1. The summed E-state index contributed by atoms with van der Waals surface area (Å²) >= 11 is 0. The first kappa shape index (κ1) is 24.8. The maximum Gasteiger partial charge on any atom is 0.191 e. The normalized spacial score (nSPS) is 14.1. The van der Waals surface area contributed by atoms with Gasteiger partial charge in [0.05, 0.1) is 6.54 Å². The second kappa shape index (κ2) is 13.0. The zero-order chi connectivity index (χ0) is 19.5. The number of nitrogens with one attached hydrogen (secondary N) is 2. The Kier molecular flexibility index (Phi) is 11.5. The lowest BCUT2D eigenvalue weighted by Crippen LogP contribution is -2.43. The molecule has 0 spiro atoms. The van der Waals surface area contributed by atoms with Gasteiger partial charge in [0, 0.05) is 38.5 Å². The topological polar surface area (TPSA) is 59.9 Å². The van der Waals surface area contributed by atoms with E-state index in [0.29, 0.717) is 6.54 Å². The summed E-state index contributed by atoms with van der Waals surface area (Å²) in [5, 5.41) is 16.3. The standard InChI is InChI=1S/C22H36N4O.HI/c1-4-22(5-2,12-15-27)18-25-21(23-6-3)24-17-19-10-9-11-20(16-19)26-13-7-8-14-26;/h7-11,16,27H,4-6,12-15,17-18H2,1-3H3,(H2,23,24,25);1H. The van der Waals surface area contributed by atoms with E-state index in [1.54, 1.807) is 0 Å². The number of benzene rings is 1. The molecule has 0 unspecified atom stereocenters. The highest BCUT2D eigenvalue weighted by molar-refractivity contribution is 14.0. The van der Waals surface area contributed by atoms with E-state index in [1.807, 2.05) is 0 Å². The molecule has 6 heteroatoms. The molecule has 0 aliphatic carbocycles. The lowest BCUT2D eigenvalue weighted by molar-refractivity contribution is 0.169. The molecule has 1 aromatic carbocycles. The van der Waals surface area contributed by atoms with E-state index in [-0.39, 0.29) is 36.0 Å². The predicted octanol–water partition coefficient (Wildman–Crippen LogP) is 3.92. The lowest BCUT2D eigenvalue weighted by Gasteiger charge is -2.32. The van der Waals surface area contributed by atoms with E-state index in [0.717, 1.165) is 51.4 Å². The van der Waals surface area contributed by atoms with Crippen LogP contribution in [0.2, 0.25) is 0 Å². The number of aliphatic imine (C=N–C) groups is 1. The second-order valence-electron chi connectivity index (χ2n) is 7.28. The summed E-state index contributed by atoms with van der Waals surface area (Å²) in [6.45, 7) is 11.0. The highest BCUT2D eigenvalue weighted by atomic mass is 127. The maximum absolute atomic E-state index is 9.42. The summed E-state index contributed by atoms with van der Waals surface area (Å²) in [5.74, 6) is 0.843. The molecule has 0 fully saturated rings. The summed E-state index contributed by atoms with van der Waals surface area (Å²) in [6.07, 6.45) is 7.32. The third-order valence-electron chi connectivity index (χ3n) is 5.63. The van der Waals surface area contributed by atoms with Crippen molar-refractivity contribution < 1.29 is 5.11 Å². The Morgan fingerprint density at radius 3 is 2.46 bits per heavy atom. The van der Waals surface area contributed by atoms with Gasteiger partial charge in [0.25, 0.3) is 0 Å². The van der Waals surface area contributed by atoms with E-state index in [2.05, 4.69) is 72.7 Å². The highest BCUT2D eigenvalue weighted by Gasteiger charge is 2.25. The fourth-order valence-corrected chi connectivity index (χ4v) is 3.50. The number of hydrogen-bond acceptors (Lipinski definition) is 3. The van der Waals surface area contributed by atoms with Crippen molar-refractivity contribution in [2.45, 2.75) is 46.6 Å². The lowest BCUT2D eigenvalue weighted by atomic mass is 9.79. The molecule has 2 rings (SSSR count). The van der Waals surface area contributed by atoms with Gasteiger partial charge in [-0.2, -0.15) is 0 Å². The summed E-state index contributed by atoms with van der Waals surface area (Å²) in [7, 11) is 0. The maximum atomic E-state index is 9.42. The van der Waals surface area contributed by atoms with Gasteiger partial charge in [-0.3, -0.25) is 0 Å². The van der Waals surface area contributed by atoms with Gasteiger partial charge in [-0.15, -0.1) is 24.0 Å². The molecule has 28 heavy (non-hydrogen) atoms. The van der Waals surface area contributed by atoms with E-state index < -0.39 is 0 Å². The van der Waals surface area contributed by atoms with Crippen LogP contribution in [0.5, 0.6) is 0 Å². The van der Waals surface area contributed by atoms with E-state index in [9.17, 15) is 5.11 Å². The average molecular weight is 500 g/mol. The van der Waals surface area contributed by atoms with Crippen molar-refractivity contribution in [1.82, 2.24) is 10.6 Å². The van der Waals surface area contributed by atoms with E-state index >= 15 is 0 Å². The monoisotopic (exact) mass is 500 g/mol. The van der Waals surface area contributed by atoms with Crippen LogP contribution < -0.4 is 15.5 Å². The van der Waals surface area contributed by atoms with Crippen molar-refractivity contribution in [3.63, 3.8) is 0 Å². The molecule has 0 radical (unpaired) electrons. The highest BCUT2D eigenvalue weighted by Crippen LogP contribution is 2.29. The SMILES string of the molecule is CCNC(=NCc1cccc(N2CC=CC2)c1)NCC(CC)(CC)CCO.I. The number of aliphatic hydroxyl groups is 1. The van der Waals surface area contributed by atoms with Gasteiger partial charge >= 0.3 is 0 Å². The zero-order valence-electron chi connectivity index (χ0n) is 17.6. The van der Waals surface area contributed by atoms with Gasteiger partial charge in [-0.1, -0.05) is 38.1 Å². The van der Waals surface area contributed by atoms with Crippen molar-refractivity contribution in [3.8, 4) is 0 Å². The van der Waals surface area contributed by atoms with Gasteiger partial charge in [-0.25, -0.2) is 4.99 Å². The van der Waals surface area contributed by atoms with Gasteiger partial charge < -0.3 is 20.6 Å². The van der Waals surface area contributed by atoms with Crippen LogP contribution in [0.15, 0.2) is 41.4 Å². The minimum absolute atomic E-state index is 0. The third-order valence-corrected chi connectivity index (χ3v) is 5.63. The Hall–Kier alpha value is -1.28. The van der Waals surface area contributed by atoms with Crippen molar-refractivity contribution >= 4 is 35.6 Å². The second-order valence-corrected chi connectivity index (χ2v) is 7.28. The average Bonchev–Trinajstić information content (AvgIpc) is 3.24. The Morgan fingerprint density at radius 2 is 1.86 bits per heavy atom. The van der Waals surface area contributed by atoms with E-state index in [4.69, 9.17) is 4.99 Å². The number of rotatable bonds is 10.